The number of aromatic nitrogens is 3. The summed E-state index contributed by atoms with van der Waals surface area (Å²) in [4.78, 5) is 26.9. The molecule has 0 unspecified atom stereocenters. The lowest BCUT2D eigenvalue weighted by Gasteiger charge is -2.22. The van der Waals surface area contributed by atoms with Crippen molar-refractivity contribution in [3.63, 3.8) is 0 Å². The fraction of sp³-hybridized carbons (Fsp3) is 0.211. The van der Waals surface area contributed by atoms with Crippen LogP contribution in [0.25, 0.3) is 11.3 Å². The van der Waals surface area contributed by atoms with Gasteiger partial charge in [0.25, 0.3) is 6.17 Å². The third-order valence-corrected chi connectivity index (χ3v) is 5.25. The maximum absolute atomic E-state index is 12.9. The number of benzene rings is 2. The van der Waals surface area contributed by atoms with Crippen LogP contribution in [0, 0.1) is 10.1 Å². The van der Waals surface area contributed by atoms with Crippen molar-refractivity contribution >= 4 is 23.1 Å². The standard InChI is InChI=1S/C19H17N5O5S/c1-3-29-16-13(25)9-8-11(14(16)24(27)28)17-20-12-7-5-4-6-10(12)15-18(26)21-19(30-2)22-23(15)17/h4-9,17H,3H2,1-2H3,(H2,21,22,25,26)/p+1/t17-/m0/s1. The number of phenolic OH excluding ortho intramolecular Hbond substituents is 1. The summed E-state index contributed by atoms with van der Waals surface area (Å²) in [6.45, 7) is 1.80. The number of aromatic amines is 1. The zero-order valence-electron chi connectivity index (χ0n) is 16.1. The molecule has 154 valence electrons. The normalized spacial score (nSPS) is 14.4. The number of nitro benzene ring substituents is 1. The summed E-state index contributed by atoms with van der Waals surface area (Å²) in [6.07, 6.45) is 0.893. The number of rotatable bonds is 5. The summed E-state index contributed by atoms with van der Waals surface area (Å²) < 4.78 is 6.80. The quantitative estimate of drug-likeness (QED) is 0.244. The average molecular weight is 428 g/mol. The van der Waals surface area contributed by atoms with Crippen LogP contribution in [0.15, 0.2) is 46.3 Å². The number of aromatic hydroxyl groups is 1. The molecular formula is C19H18N5O5S+. The maximum Gasteiger partial charge on any atom is 0.326 e. The maximum atomic E-state index is 12.9. The number of anilines is 1. The minimum absolute atomic E-state index is 0.136. The van der Waals surface area contributed by atoms with E-state index >= 15 is 0 Å². The van der Waals surface area contributed by atoms with Gasteiger partial charge in [0.2, 0.25) is 10.9 Å². The first-order valence-electron chi connectivity index (χ1n) is 9.05. The number of H-pyrrole nitrogens is 1. The fourth-order valence-corrected chi connectivity index (χ4v) is 3.83. The third-order valence-electron chi connectivity index (χ3n) is 4.68. The van der Waals surface area contributed by atoms with E-state index in [2.05, 4.69) is 15.4 Å². The van der Waals surface area contributed by atoms with Gasteiger partial charge in [-0.15, -0.1) is 0 Å². The molecule has 1 aliphatic rings. The highest BCUT2D eigenvalue weighted by Crippen LogP contribution is 2.43. The van der Waals surface area contributed by atoms with E-state index in [-0.39, 0.29) is 40.6 Å². The smallest absolute Gasteiger partial charge is 0.326 e. The number of ether oxygens (including phenoxy) is 1. The van der Waals surface area contributed by atoms with E-state index in [9.17, 15) is 20.0 Å². The zero-order valence-corrected chi connectivity index (χ0v) is 16.9. The Kier molecular flexibility index (Phi) is 5.04. The van der Waals surface area contributed by atoms with Crippen LogP contribution in [-0.2, 0) is 0 Å². The molecule has 0 amide bonds. The number of nitrogens with zero attached hydrogens (tertiary/aromatic N) is 3. The Hall–Kier alpha value is -3.60. The molecule has 1 aliphatic heterocycles. The van der Waals surface area contributed by atoms with Crippen LogP contribution in [0.3, 0.4) is 0 Å². The second kappa shape index (κ2) is 7.67. The van der Waals surface area contributed by atoms with E-state index < -0.39 is 11.1 Å². The first-order chi connectivity index (χ1) is 14.5. The van der Waals surface area contributed by atoms with Gasteiger partial charge >= 0.3 is 16.9 Å². The number of phenols is 1. The van der Waals surface area contributed by atoms with Crippen molar-refractivity contribution < 1.29 is 19.4 Å². The molecule has 0 saturated carbocycles. The molecule has 2 heterocycles. The van der Waals surface area contributed by atoms with Crippen molar-refractivity contribution in [2.24, 2.45) is 0 Å². The number of fused-ring (bicyclic) bond motifs is 3. The Labute approximate surface area is 174 Å². The molecule has 10 nitrogen and oxygen atoms in total. The van der Waals surface area contributed by atoms with Gasteiger partial charge in [-0.1, -0.05) is 23.9 Å². The molecule has 0 bridgehead atoms. The number of nitro groups is 1. The molecule has 3 aromatic rings. The first kappa shape index (κ1) is 19.7. The number of thioether (sulfide) groups is 1. The Morgan fingerprint density at radius 2 is 2.10 bits per heavy atom. The summed E-state index contributed by atoms with van der Waals surface area (Å²) >= 11 is 1.24. The molecular weight excluding hydrogens is 410 g/mol. The monoisotopic (exact) mass is 428 g/mol. The molecule has 30 heavy (non-hydrogen) atoms. The van der Waals surface area contributed by atoms with Crippen molar-refractivity contribution in [3.05, 3.63) is 62.4 Å². The largest absolute Gasteiger partial charge is 0.504 e. The van der Waals surface area contributed by atoms with Gasteiger partial charge < -0.3 is 15.2 Å². The Morgan fingerprint density at radius 3 is 2.80 bits per heavy atom. The van der Waals surface area contributed by atoms with Gasteiger partial charge in [-0.2, -0.15) is 0 Å². The molecule has 3 N–H and O–H groups in total. The van der Waals surface area contributed by atoms with E-state index in [1.807, 2.05) is 0 Å². The predicted octanol–water partition coefficient (Wildman–Crippen LogP) is 2.43. The zero-order chi connectivity index (χ0) is 21.4. The van der Waals surface area contributed by atoms with Crippen molar-refractivity contribution in [2.75, 3.05) is 18.2 Å². The summed E-state index contributed by atoms with van der Waals surface area (Å²) in [5.74, 6) is -0.560. The van der Waals surface area contributed by atoms with E-state index in [4.69, 9.17) is 4.74 Å². The van der Waals surface area contributed by atoms with Crippen molar-refractivity contribution in [1.29, 1.82) is 0 Å². The molecule has 0 aliphatic carbocycles. The van der Waals surface area contributed by atoms with Crippen LogP contribution in [0.1, 0.15) is 18.7 Å². The van der Waals surface area contributed by atoms with Gasteiger partial charge in [-0.3, -0.25) is 19.9 Å². The minimum Gasteiger partial charge on any atom is -0.504 e. The molecule has 0 radical (unpaired) electrons. The summed E-state index contributed by atoms with van der Waals surface area (Å²) in [7, 11) is 0. The van der Waals surface area contributed by atoms with Crippen LogP contribution in [0.2, 0.25) is 0 Å². The van der Waals surface area contributed by atoms with E-state index in [0.717, 1.165) is 0 Å². The summed E-state index contributed by atoms with van der Waals surface area (Å²) in [5.41, 5.74) is 0.980. The molecule has 2 aromatic carbocycles. The van der Waals surface area contributed by atoms with E-state index in [0.29, 0.717) is 16.4 Å². The second-order valence-electron chi connectivity index (χ2n) is 6.39. The highest BCUT2D eigenvalue weighted by Gasteiger charge is 2.42. The lowest BCUT2D eigenvalue weighted by Crippen LogP contribution is -2.55. The third kappa shape index (κ3) is 3.12. The number of hydrogen-bond donors (Lipinski definition) is 3. The molecule has 4 rings (SSSR count). The van der Waals surface area contributed by atoms with Crippen molar-refractivity contribution in [2.45, 2.75) is 18.2 Å². The van der Waals surface area contributed by atoms with Gasteiger partial charge in [0.15, 0.2) is 5.75 Å². The average Bonchev–Trinajstić information content (AvgIpc) is 2.74. The topological polar surface area (TPSA) is 134 Å². The van der Waals surface area contributed by atoms with Crippen molar-refractivity contribution in [3.8, 4) is 22.8 Å². The molecule has 11 heteroatoms. The van der Waals surface area contributed by atoms with Crippen LogP contribution >= 0.6 is 11.8 Å². The lowest BCUT2D eigenvalue weighted by atomic mass is 10.0. The number of hydrogen-bond acceptors (Lipinski definition) is 8. The first-order valence-corrected chi connectivity index (χ1v) is 10.3. The van der Waals surface area contributed by atoms with Crippen LogP contribution in [-0.4, -0.2) is 33.0 Å². The molecule has 1 aromatic heterocycles. The lowest BCUT2D eigenvalue weighted by molar-refractivity contribution is -0.759. The number of para-hydroxylation sites is 1. The summed E-state index contributed by atoms with van der Waals surface area (Å²) in [5, 5.41) is 30.2. The Bertz CT molecular complexity index is 1210. The minimum atomic E-state index is -0.872. The van der Waals surface area contributed by atoms with Crippen LogP contribution in [0.4, 0.5) is 11.4 Å². The van der Waals surface area contributed by atoms with Crippen LogP contribution in [0.5, 0.6) is 11.5 Å². The Morgan fingerprint density at radius 1 is 1.33 bits per heavy atom. The molecule has 0 spiro atoms. The van der Waals surface area contributed by atoms with Gasteiger partial charge in [-0.05, 0) is 42.1 Å². The van der Waals surface area contributed by atoms with Crippen LogP contribution < -0.4 is 20.3 Å². The highest BCUT2D eigenvalue weighted by molar-refractivity contribution is 7.98. The van der Waals surface area contributed by atoms with Gasteiger partial charge in [0.1, 0.15) is 5.56 Å². The van der Waals surface area contributed by atoms with E-state index in [1.54, 1.807) is 37.4 Å². The predicted molar refractivity (Wildman–Crippen MR) is 110 cm³/mol. The van der Waals surface area contributed by atoms with Gasteiger partial charge in [0.05, 0.1) is 22.8 Å². The molecule has 1 atom stereocenters. The number of nitrogens with one attached hydrogen (secondary N) is 2. The SMILES string of the molecule is CCOc1c(O)ccc([C@H]2Nc3ccccc3-c3c(=O)[nH]c(SC)n[n+]32)c1[N+](=O)[O-]. The van der Waals surface area contributed by atoms with Gasteiger partial charge in [0, 0.05) is 5.10 Å². The van der Waals surface area contributed by atoms with Crippen molar-refractivity contribution in [1.82, 2.24) is 10.1 Å². The summed E-state index contributed by atoms with van der Waals surface area (Å²) in [6, 6.07) is 9.91. The Balaban J connectivity index is 2.03. The van der Waals surface area contributed by atoms with Gasteiger partial charge in [-0.25, -0.2) is 0 Å². The second-order valence-corrected chi connectivity index (χ2v) is 7.19. The fourth-order valence-electron chi connectivity index (χ4n) is 3.46. The molecule has 0 saturated heterocycles. The highest BCUT2D eigenvalue weighted by atomic mass is 32.2. The van der Waals surface area contributed by atoms with E-state index in [1.165, 1.54) is 28.6 Å². The molecule has 0 fully saturated rings.